The second-order valence-electron chi connectivity index (χ2n) is 8.80. The second kappa shape index (κ2) is 12.0. The summed E-state index contributed by atoms with van der Waals surface area (Å²) in [5.41, 5.74) is 4.49. The molecule has 0 saturated carbocycles. The Labute approximate surface area is 215 Å². The van der Waals surface area contributed by atoms with Crippen LogP contribution in [0.2, 0.25) is 0 Å². The third-order valence-corrected chi connectivity index (χ3v) is 5.63. The lowest BCUT2D eigenvalue weighted by atomic mass is 10.1. The van der Waals surface area contributed by atoms with Gasteiger partial charge in [-0.2, -0.15) is 0 Å². The summed E-state index contributed by atoms with van der Waals surface area (Å²) in [4.78, 5) is 27.2. The van der Waals surface area contributed by atoms with Gasteiger partial charge in [0.05, 0.1) is 11.7 Å². The maximum atomic E-state index is 13.5. The highest BCUT2D eigenvalue weighted by Gasteiger charge is 2.10. The molecule has 0 atom stereocenters. The molecule has 0 unspecified atom stereocenters. The average molecular weight is 500 g/mol. The number of likely N-dealkylation sites (N-methyl/N-ethyl adjacent to an activating group) is 1. The minimum atomic E-state index is -0.256. The molecular formula is C28H30FN7O. The molecule has 4 aromatic rings. The lowest BCUT2D eigenvalue weighted by Gasteiger charge is -2.15. The smallest absolute Gasteiger partial charge is 0.249 e. The van der Waals surface area contributed by atoms with Gasteiger partial charge in [-0.15, -0.1) is 0 Å². The molecule has 0 aliphatic rings. The number of aromatic nitrogens is 3. The molecule has 0 radical (unpaired) electrons. The summed E-state index contributed by atoms with van der Waals surface area (Å²) in [6, 6.07) is 14.3. The molecule has 0 saturated heterocycles. The molecule has 3 N–H and O–H groups in total. The van der Waals surface area contributed by atoms with E-state index in [1.165, 1.54) is 24.5 Å². The number of carbonyl (C=O) groups excluding carboxylic acids is 1. The van der Waals surface area contributed by atoms with Crippen molar-refractivity contribution in [1.29, 1.82) is 0 Å². The van der Waals surface area contributed by atoms with E-state index in [4.69, 9.17) is 0 Å². The van der Waals surface area contributed by atoms with E-state index in [1.807, 2.05) is 37.2 Å². The van der Waals surface area contributed by atoms with Crippen LogP contribution in [0.15, 0.2) is 73.2 Å². The molecule has 0 aliphatic carbocycles. The Morgan fingerprint density at radius 2 is 1.95 bits per heavy atom. The van der Waals surface area contributed by atoms with Crippen molar-refractivity contribution >= 4 is 39.8 Å². The highest BCUT2D eigenvalue weighted by atomic mass is 19.1. The van der Waals surface area contributed by atoms with Crippen LogP contribution in [0.5, 0.6) is 0 Å². The van der Waals surface area contributed by atoms with E-state index < -0.39 is 0 Å². The normalized spacial score (nSPS) is 11.3. The lowest BCUT2D eigenvalue weighted by molar-refractivity contribution is -0.111. The number of fused-ring (bicyclic) bond motifs is 1. The zero-order valence-corrected chi connectivity index (χ0v) is 21.1. The van der Waals surface area contributed by atoms with Crippen LogP contribution in [0.1, 0.15) is 18.1 Å². The van der Waals surface area contributed by atoms with Crippen molar-refractivity contribution in [2.45, 2.75) is 19.9 Å². The second-order valence-corrected chi connectivity index (χ2v) is 8.80. The monoisotopic (exact) mass is 499 g/mol. The number of pyridine rings is 1. The SMILES string of the molecule is CCc1cc(Nc2ncnc3cnc(NC(=O)/C=C/CN(C)C)cc23)ccc1NCc1cccc(F)c1. The number of aryl methyl sites for hydroxylation is 1. The number of nitrogens with one attached hydrogen (secondary N) is 3. The Bertz CT molecular complexity index is 1420. The molecule has 0 bridgehead atoms. The van der Waals surface area contributed by atoms with Gasteiger partial charge in [-0.25, -0.2) is 19.3 Å². The van der Waals surface area contributed by atoms with E-state index in [1.54, 1.807) is 24.4 Å². The maximum Gasteiger partial charge on any atom is 0.249 e. The number of anilines is 4. The molecule has 4 rings (SSSR count). The number of halogens is 1. The summed E-state index contributed by atoms with van der Waals surface area (Å²) in [5, 5.41) is 10.3. The minimum Gasteiger partial charge on any atom is -0.381 e. The fourth-order valence-electron chi connectivity index (χ4n) is 3.78. The first-order valence-corrected chi connectivity index (χ1v) is 12.0. The summed E-state index contributed by atoms with van der Waals surface area (Å²) >= 11 is 0. The molecule has 2 aromatic carbocycles. The topological polar surface area (TPSA) is 95.1 Å². The molecule has 9 heteroatoms. The van der Waals surface area contributed by atoms with Gasteiger partial charge < -0.3 is 20.9 Å². The molecule has 8 nitrogen and oxygen atoms in total. The first kappa shape index (κ1) is 25.7. The fourth-order valence-corrected chi connectivity index (χ4v) is 3.78. The number of hydrogen-bond donors (Lipinski definition) is 3. The fraction of sp³-hybridized carbons (Fsp3) is 0.214. The quantitative estimate of drug-likeness (QED) is 0.260. The summed E-state index contributed by atoms with van der Waals surface area (Å²) in [7, 11) is 3.87. The number of amides is 1. The van der Waals surface area contributed by atoms with Crippen molar-refractivity contribution in [3.05, 3.63) is 90.2 Å². The number of benzene rings is 2. The van der Waals surface area contributed by atoms with Gasteiger partial charge in [-0.1, -0.05) is 25.1 Å². The van der Waals surface area contributed by atoms with Gasteiger partial charge in [-0.3, -0.25) is 4.79 Å². The molecular weight excluding hydrogens is 469 g/mol. The predicted molar refractivity (Wildman–Crippen MR) is 146 cm³/mol. The van der Waals surface area contributed by atoms with Crippen LogP contribution in [-0.2, 0) is 17.8 Å². The largest absolute Gasteiger partial charge is 0.381 e. The van der Waals surface area contributed by atoms with Crippen LogP contribution in [0.4, 0.5) is 27.4 Å². The van der Waals surface area contributed by atoms with Crippen molar-refractivity contribution in [1.82, 2.24) is 19.9 Å². The molecule has 190 valence electrons. The van der Waals surface area contributed by atoms with Gasteiger partial charge in [0, 0.05) is 35.9 Å². The Hall–Kier alpha value is -4.37. The number of carbonyl (C=O) groups is 1. The summed E-state index contributed by atoms with van der Waals surface area (Å²) in [6.45, 7) is 3.28. The zero-order valence-electron chi connectivity index (χ0n) is 21.1. The van der Waals surface area contributed by atoms with Crippen LogP contribution in [0.3, 0.4) is 0 Å². The van der Waals surface area contributed by atoms with Crippen LogP contribution in [0, 0.1) is 5.82 Å². The average Bonchev–Trinajstić information content (AvgIpc) is 2.88. The van der Waals surface area contributed by atoms with Gasteiger partial charge in [0.15, 0.2) is 0 Å². The lowest BCUT2D eigenvalue weighted by Crippen LogP contribution is -2.13. The van der Waals surface area contributed by atoms with Crippen molar-refractivity contribution in [3.63, 3.8) is 0 Å². The molecule has 37 heavy (non-hydrogen) atoms. The van der Waals surface area contributed by atoms with Gasteiger partial charge in [0.25, 0.3) is 0 Å². The molecule has 2 heterocycles. The number of hydrogen-bond acceptors (Lipinski definition) is 7. The van der Waals surface area contributed by atoms with Crippen LogP contribution in [-0.4, -0.2) is 46.4 Å². The first-order chi connectivity index (χ1) is 17.9. The van der Waals surface area contributed by atoms with Crippen LogP contribution < -0.4 is 16.0 Å². The van der Waals surface area contributed by atoms with E-state index in [-0.39, 0.29) is 11.7 Å². The Morgan fingerprint density at radius 1 is 1.08 bits per heavy atom. The standard InChI is InChI=1S/C28H30FN7O/c1-4-20-14-22(10-11-24(20)30-16-19-7-5-8-21(29)13-19)34-28-23-15-26(31-17-25(23)32-18-33-28)35-27(37)9-6-12-36(2)3/h5-11,13-15,17-18,30H,4,12,16H2,1-3H3,(H,31,35,37)(H,32,33,34)/b9-6+. The van der Waals surface area contributed by atoms with Gasteiger partial charge in [-0.05, 0) is 68.0 Å². The van der Waals surface area contributed by atoms with E-state index in [9.17, 15) is 9.18 Å². The third-order valence-electron chi connectivity index (χ3n) is 5.63. The minimum absolute atomic E-state index is 0.245. The van der Waals surface area contributed by atoms with Crippen molar-refractivity contribution < 1.29 is 9.18 Å². The van der Waals surface area contributed by atoms with Gasteiger partial charge in [0.2, 0.25) is 5.91 Å². The van der Waals surface area contributed by atoms with E-state index in [0.717, 1.165) is 34.3 Å². The van der Waals surface area contributed by atoms with Crippen LogP contribution >= 0.6 is 0 Å². The molecule has 0 fully saturated rings. The van der Waals surface area contributed by atoms with Crippen LogP contribution in [0.25, 0.3) is 10.9 Å². The Morgan fingerprint density at radius 3 is 2.73 bits per heavy atom. The third kappa shape index (κ3) is 7.08. The van der Waals surface area contributed by atoms with Crippen molar-refractivity contribution in [2.75, 3.05) is 36.6 Å². The highest BCUT2D eigenvalue weighted by molar-refractivity contribution is 6.00. The number of nitrogens with zero attached hydrogens (tertiary/aromatic N) is 4. The Kier molecular flexibility index (Phi) is 8.37. The zero-order chi connectivity index (χ0) is 26.2. The Balaban J connectivity index is 1.51. The van der Waals surface area contributed by atoms with E-state index >= 15 is 0 Å². The summed E-state index contributed by atoms with van der Waals surface area (Å²) in [6.07, 6.45) is 7.17. The molecule has 0 spiro atoms. The molecule has 2 aromatic heterocycles. The van der Waals surface area contributed by atoms with E-state index in [0.29, 0.717) is 30.2 Å². The van der Waals surface area contributed by atoms with Gasteiger partial charge in [0.1, 0.15) is 23.8 Å². The van der Waals surface area contributed by atoms with E-state index in [2.05, 4.69) is 43.9 Å². The first-order valence-electron chi connectivity index (χ1n) is 12.0. The summed E-state index contributed by atoms with van der Waals surface area (Å²) < 4.78 is 13.5. The molecule has 1 amide bonds. The molecule has 0 aliphatic heterocycles. The van der Waals surface area contributed by atoms with Crippen molar-refractivity contribution in [3.8, 4) is 0 Å². The van der Waals surface area contributed by atoms with Gasteiger partial charge >= 0.3 is 0 Å². The predicted octanol–water partition coefficient (Wildman–Crippen LogP) is 5.14. The highest BCUT2D eigenvalue weighted by Crippen LogP contribution is 2.27. The maximum absolute atomic E-state index is 13.5. The number of rotatable bonds is 10. The van der Waals surface area contributed by atoms with Crippen molar-refractivity contribution in [2.24, 2.45) is 0 Å². The summed E-state index contributed by atoms with van der Waals surface area (Å²) in [5.74, 6) is 0.518.